The van der Waals surface area contributed by atoms with Gasteiger partial charge < -0.3 is 0 Å². The molecule has 1 amide bonds. The molecule has 0 aliphatic rings. The topological polar surface area (TPSA) is 89.0 Å². The van der Waals surface area contributed by atoms with Crippen LogP contribution < -0.4 is 5.32 Å². The van der Waals surface area contributed by atoms with Crippen molar-refractivity contribution in [1.29, 1.82) is 0 Å². The minimum absolute atomic E-state index is 0.213. The Morgan fingerprint density at radius 3 is 2.62 bits per heavy atom. The number of nitrogens with zero attached hydrogens (tertiary/aromatic N) is 2. The molecular weight excluding hydrogens is 370 g/mol. The van der Waals surface area contributed by atoms with Crippen LogP contribution in [0.3, 0.4) is 0 Å². The monoisotopic (exact) mass is 387 g/mol. The number of aryl methyl sites for hydroxylation is 1. The second-order valence-electron chi connectivity index (χ2n) is 5.31. The van der Waals surface area contributed by atoms with Gasteiger partial charge in [-0.1, -0.05) is 48.4 Å². The Balaban J connectivity index is 1.90. The molecule has 1 N–H and O–H groups in total. The molecule has 1 aromatic heterocycles. The van der Waals surface area contributed by atoms with Crippen LogP contribution in [0.5, 0.6) is 0 Å². The Labute approximate surface area is 150 Å². The van der Waals surface area contributed by atoms with Gasteiger partial charge in [-0.05, 0) is 24.1 Å². The summed E-state index contributed by atoms with van der Waals surface area (Å²) in [6.45, 7) is 2.08. The largest absolute Gasteiger partial charge is 0.300 e. The maximum Gasteiger partial charge on any atom is 0.241 e. The lowest BCUT2D eigenvalue weighted by atomic mass is 10.2. The highest BCUT2D eigenvalue weighted by Gasteiger charge is 2.18. The van der Waals surface area contributed by atoms with Crippen LogP contribution in [0.4, 0.5) is 5.13 Å². The van der Waals surface area contributed by atoms with Gasteiger partial charge in [0, 0.05) is 11.4 Å². The van der Waals surface area contributed by atoms with Gasteiger partial charge in [0.25, 0.3) is 0 Å². The normalized spacial score (nSPS) is 11.4. The summed E-state index contributed by atoms with van der Waals surface area (Å²) in [5.74, 6) is -1.42. The number of anilines is 1. The third-order valence-corrected chi connectivity index (χ3v) is 5.73. The summed E-state index contributed by atoms with van der Waals surface area (Å²) in [4.78, 5) is 11.9. The second kappa shape index (κ2) is 8.55. The van der Waals surface area contributed by atoms with E-state index in [9.17, 15) is 13.2 Å². The number of amides is 1. The SMILES string of the molecule is CCCCc1nnc(NC(=O)CS(=O)(=O)Cc2ccc(Cl)cc2)s1. The van der Waals surface area contributed by atoms with Gasteiger partial charge in [-0.25, -0.2) is 8.42 Å². The molecule has 0 unspecified atom stereocenters. The predicted octanol–water partition coefficient (Wildman–Crippen LogP) is 3.09. The van der Waals surface area contributed by atoms with Crippen molar-refractivity contribution in [3.8, 4) is 0 Å². The standard InChI is InChI=1S/C15H18ClN3O3S2/c1-2-3-4-14-18-19-15(23-14)17-13(20)10-24(21,22)9-11-5-7-12(16)8-6-11/h5-8H,2-4,9-10H2,1H3,(H,17,19,20). The molecule has 1 heterocycles. The van der Waals surface area contributed by atoms with Gasteiger partial charge in [-0.15, -0.1) is 10.2 Å². The Morgan fingerprint density at radius 1 is 1.25 bits per heavy atom. The predicted molar refractivity (Wildman–Crippen MR) is 96.1 cm³/mol. The van der Waals surface area contributed by atoms with Crippen molar-refractivity contribution in [2.24, 2.45) is 0 Å². The minimum Gasteiger partial charge on any atom is -0.300 e. The summed E-state index contributed by atoms with van der Waals surface area (Å²) in [6, 6.07) is 6.49. The fraction of sp³-hybridized carbons (Fsp3) is 0.400. The average molecular weight is 388 g/mol. The zero-order valence-corrected chi connectivity index (χ0v) is 15.5. The Kier molecular flexibility index (Phi) is 6.70. The number of rotatable bonds is 8. The van der Waals surface area contributed by atoms with Gasteiger partial charge in [0.2, 0.25) is 11.0 Å². The molecule has 24 heavy (non-hydrogen) atoms. The van der Waals surface area contributed by atoms with E-state index in [2.05, 4.69) is 22.4 Å². The first kappa shape index (κ1) is 18.8. The molecule has 130 valence electrons. The number of halogens is 1. The maximum atomic E-state index is 12.1. The molecule has 0 aliphatic heterocycles. The van der Waals surface area contributed by atoms with Crippen molar-refractivity contribution < 1.29 is 13.2 Å². The average Bonchev–Trinajstić information content (AvgIpc) is 2.94. The zero-order valence-electron chi connectivity index (χ0n) is 13.2. The number of aromatic nitrogens is 2. The van der Waals surface area contributed by atoms with Gasteiger partial charge in [-0.3, -0.25) is 10.1 Å². The molecule has 2 rings (SSSR count). The van der Waals surface area contributed by atoms with E-state index in [0.29, 0.717) is 15.7 Å². The number of hydrogen-bond acceptors (Lipinski definition) is 6. The molecular formula is C15H18ClN3O3S2. The summed E-state index contributed by atoms with van der Waals surface area (Å²) < 4.78 is 24.2. The maximum absolute atomic E-state index is 12.1. The number of nitrogens with one attached hydrogen (secondary N) is 1. The van der Waals surface area contributed by atoms with E-state index in [1.807, 2.05) is 0 Å². The van der Waals surface area contributed by atoms with Gasteiger partial charge in [0.05, 0.1) is 5.75 Å². The minimum atomic E-state index is -3.57. The van der Waals surface area contributed by atoms with Crippen molar-refractivity contribution in [2.75, 3.05) is 11.1 Å². The van der Waals surface area contributed by atoms with E-state index in [4.69, 9.17) is 11.6 Å². The number of unbranched alkanes of at least 4 members (excludes halogenated alkanes) is 1. The van der Waals surface area contributed by atoms with Crippen molar-refractivity contribution in [1.82, 2.24) is 10.2 Å². The smallest absolute Gasteiger partial charge is 0.241 e. The van der Waals surface area contributed by atoms with Gasteiger partial charge >= 0.3 is 0 Å². The van der Waals surface area contributed by atoms with Gasteiger partial charge in [-0.2, -0.15) is 0 Å². The van der Waals surface area contributed by atoms with Crippen molar-refractivity contribution in [2.45, 2.75) is 31.9 Å². The number of hydrogen-bond donors (Lipinski definition) is 1. The molecule has 6 nitrogen and oxygen atoms in total. The molecule has 0 aliphatic carbocycles. The van der Waals surface area contributed by atoms with E-state index >= 15 is 0 Å². The Bertz CT molecular complexity index is 789. The first-order valence-electron chi connectivity index (χ1n) is 7.45. The van der Waals surface area contributed by atoms with Crippen molar-refractivity contribution >= 4 is 43.8 Å². The number of benzene rings is 1. The van der Waals surface area contributed by atoms with E-state index in [1.54, 1.807) is 24.3 Å². The molecule has 1 aromatic carbocycles. The van der Waals surface area contributed by atoms with E-state index < -0.39 is 21.5 Å². The fourth-order valence-electron chi connectivity index (χ4n) is 1.97. The third kappa shape index (κ3) is 6.18. The molecule has 2 aromatic rings. The van der Waals surface area contributed by atoms with Crippen LogP contribution in [0.15, 0.2) is 24.3 Å². The lowest BCUT2D eigenvalue weighted by Crippen LogP contribution is -2.23. The molecule has 0 radical (unpaired) electrons. The lowest BCUT2D eigenvalue weighted by molar-refractivity contribution is -0.113. The van der Waals surface area contributed by atoms with Crippen LogP contribution >= 0.6 is 22.9 Å². The van der Waals surface area contributed by atoms with Crippen LogP contribution in [0.1, 0.15) is 30.3 Å². The van der Waals surface area contributed by atoms with Crippen LogP contribution in [-0.2, 0) is 26.8 Å². The molecule has 9 heteroatoms. The number of carbonyl (C=O) groups is 1. The third-order valence-electron chi connectivity index (χ3n) is 3.11. The summed E-state index contributed by atoms with van der Waals surface area (Å²) in [5, 5.41) is 12.0. The highest BCUT2D eigenvalue weighted by atomic mass is 35.5. The number of carbonyl (C=O) groups excluding carboxylic acids is 1. The van der Waals surface area contributed by atoms with Crippen LogP contribution in [0.25, 0.3) is 0 Å². The fourth-order valence-corrected chi connectivity index (χ4v) is 4.17. The zero-order chi connectivity index (χ0) is 17.6. The first-order chi connectivity index (χ1) is 11.4. The quantitative estimate of drug-likeness (QED) is 0.751. The van der Waals surface area contributed by atoms with Gasteiger partial charge in [0.15, 0.2) is 9.84 Å². The molecule has 0 bridgehead atoms. The van der Waals surface area contributed by atoms with Crippen LogP contribution in [0.2, 0.25) is 5.02 Å². The lowest BCUT2D eigenvalue weighted by Gasteiger charge is -2.04. The highest BCUT2D eigenvalue weighted by Crippen LogP contribution is 2.17. The first-order valence-corrected chi connectivity index (χ1v) is 10.5. The summed E-state index contributed by atoms with van der Waals surface area (Å²) in [6.07, 6.45) is 2.85. The summed E-state index contributed by atoms with van der Waals surface area (Å²) in [5.41, 5.74) is 0.588. The molecule has 0 fully saturated rings. The molecule has 0 spiro atoms. The van der Waals surface area contributed by atoms with Crippen LogP contribution in [0, 0.1) is 0 Å². The number of sulfone groups is 1. The molecule has 0 saturated heterocycles. The molecule has 0 saturated carbocycles. The highest BCUT2D eigenvalue weighted by molar-refractivity contribution is 7.91. The van der Waals surface area contributed by atoms with Crippen molar-refractivity contribution in [3.63, 3.8) is 0 Å². The Morgan fingerprint density at radius 2 is 1.96 bits per heavy atom. The molecule has 0 atom stereocenters. The van der Waals surface area contributed by atoms with E-state index in [-0.39, 0.29) is 5.75 Å². The van der Waals surface area contributed by atoms with Crippen molar-refractivity contribution in [3.05, 3.63) is 39.9 Å². The van der Waals surface area contributed by atoms with E-state index in [0.717, 1.165) is 24.3 Å². The van der Waals surface area contributed by atoms with Gasteiger partial charge in [0.1, 0.15) is 10.8 Å². The summed E-state index contributed by atoms with van der Waals surface area (Å²) in [7, 11) is -3.57. The Hall–Kier alpha value is -1.51. The van der Waals surface area contributed by atoms with E-state index in [1.165, 1.54) is 11.3 Å². The summed E-state index contributed by atoms with van der Waals surface area (Å²) >= 11 is 7.03. The second-order valence-corrected chi connectivity index (χ2v) is 8.87. The van der Waals surface area contributed by atoms with Crippen LogP contribution in [-0.4, -0.2) is 30.3 Å².